The van der Waals surface area contributed by atoms with Crippen molar-refractivity contribution in [2.24, 2.45) is 0 Å². The number of ether oxygens (including phenoxy) is 1. The highest BCUT2D eigenvalue weighted by molar-refractivity contribution is 5.82. The molecule has 1 aromatic heterocycles. The van der Waals surface area contributed by atoms with Crippen molar-refractivity contribution in [1.82, 2.24) is 5.16 Å². The molecule has 1 unspecified atom stereocenters. The van der Waals surface area contributed by atoms with E-state index in [1.807, 2.05) is 32.0 Å². The molecule has 0 spiro atoms. The summed E-state index contributed by atoms with van der Waals surface area (Å²) in [6.45, 7) is 6.68. The SMILES string of the molecule is Cc1noc(N2c3ccccc3C(OCc3ccc(-c4ccccc4)cc3)=CC2C)c1C. The molecule has 0 radical (unpaired) electrons. The van der Waals surface area contributed by atoms with Gasteiger partial charge < -0.3 is 14.2 Å². The van der Waals surface area contributed by atoms with Gasteiger partial charge in [0.15, 0.2) is 0 Å². The lowest BCUT2D eigenvalue weighted by atomic mass is 10.0. The van der Waals surface area contributed by atoms with Gasteiger partial charge in [-0.25, -0.2) is 0 Å². The van der Waals surface area contributed by atoms with Crippen molar-refractivity contribution >= 4 is 17.3 Å². The summed E-state index contributed by atoms with van der Waals surface area (Å²) < 4.78 is 12.0. The minimum absolute atomic E-state index is 0.0754. The number of aromatic nitrogens is 1. The van der Waals surface area contributed by atoms with Crippen LogP contribution in [0.2, 0.25) is 0 Å². The van der Waals surface area contributed by atoms with Crippen LogP contribution in [0.15, 0.2) is 89.5 Å². The second kappa shape index (κ2) is 8.39. The summed E-state index contributed by atoms with van der Waals surface area (Å²) in [5.41, 5.74) is 7.66. The van der Waals surface area contributed by atoms with E-state index in [0.29, 0.717) is 6.61 Å². The lowest BCUT2D eigenvalue weighted by Gasteiger charge is -2.33. The van der Waals surface area contributed by atoms with Crippen LogP contribution in [0.3, 0.4) is 0 Å². The number of para-hydroxylation sites is 1. The number of fused-ring (bicyclic) bond motifs is 1. The Morgan fingerprint density at radius 3 is 2.28 bits per heavy atom. The number of hydrogen-bond acceptors (Lipinski definition) is 4. The van der Waals surface area contributed by atoms with E-state index in [-0.39, 0.29) is 6.04 Å². The lowest BCUT2D eigenvalue weighted by molar-refractivity contribution is 0.262. The van der Waals surface area contributed by atoms with Crippen molar-refractivity contribution in [1.29, 1.82) is 0 Å². The Labute approximate surface area is 188 Å². The van der Waals surface area contributed by atoms with Crippen LogP contribution < -0.4 is 4.90 Å². The van der Waals surface area contributed by atoms with E-state index < -0.39 is 0 Å². The summed E-state index contributed by atoms with van der Waals surface area (Å²) in [5.74, 6) is 1.68. The molecule has 3 aromatic carbocycles. The molecule has 5 rings (SSSR count). The van der Waals surface area contributed by atoms with E-state index in [9.17, 15) is 0 Å². The molecule has 0 aliphatic carbocycles. The van der Waals surface area contributed by atoms with Gasteiger partial charge in [-0.3, -0.25) is 0 Å². The van der Waals surface area contributed by atoms with E-state index in [4.69, 9.17) is 9.26 Å². The van der Waals surface area contributed by atoms with Gasteiger partial charge in [-0.05, 0) is 55.7 Å². The molecule has 0 saturated heterocycles. The predicted octanol–water partition coefficient (Wildman–Crippen LogP) is 7.06. The molecular formula is C28H26N2O2. The van der Waals surface area contributed by atoms with Crippen molar-refractivity contribution in [3.05, 3.63) is 107 Å². The number of nitrogens with zero attached hydrogens (tertiary/aromatic N) is 2. The first kappa shape index (κ1) is 20.1. The third-order valence-electron chi connectivity index (χ3n) is 6.04. The number of aryl methyl sites for hydroxylation is 1. The molecule has 4 nitrogen and oxygen atoms in total. The molecule has 1 aliphatic heterocycles. The fraction of sp³-hybridized carbons (Fsp3) is 0.179. The van der Waals surface area contributed by atoms with E-state index in [0.717, 1.165) is 39.7 Å². The van der Waals surface area contributed by atoms with Crippen molar-refractivity contribution in [2.75, 3.05) is 4.90 Å². The molecule has 0 saturated carbocycles. The zero-order valence-electron chi connectivity index (χ0n) is 18.6. The molecule has 160 valence electrons. The zero-order chi connectivity index (χ0) is 22.1. The first-order chi connectivity index (χ1) is 15.6. The van der Waals surface area contributed by atoms with Crippen LogP contribution in [0.5, 0.6) is 0 Å². The van der Waals surface area contributed by atoms with Crippen molar-refractivity contribution in [2.45, 2.75) is 33.4 Å². The van der Waals surface area contributed by atoms with Gasteiger partial charge in [0.2, 0.25) is 5.88 Å². The maximum Gasteiger partial charge on any atom is 0.235 e. The largest absolute Gasteiger partial charge is 0.488 e. The monoisotopic (exact) mass is 422 g/mol. The Kier molecular flexibility index (Phi) is 5.28. The number of rotatable bonds is 5. The zero-order valence-corrected chi connectivity index (χ0v) is 18.6. The third-order valence-corrected chi connectivity index (χ3v) is 6.04. The normalized spacial score (nSPS) is 15.3. The molecule has 1 atom stereocenters. The lowest BCUT2D eigenvalue weighted by Crippen LogP contribution is -2.31. The number of benzene rings is 3. The molecule has 0 N–H and O–H groups in total. The Bertz CT molecular complexity index is 1260. The third kappa shape index (κ3) is 3.69. The highest BCUT2D eigenvalue weighted by atomic mass is 16.5. The highest BCUT2D eigenvalue weighted by Crippen LogP contribution is 2.41. The molecule has 0 bridgehead atoms. The Morgan fingerprint density at radius 2 is 1.56 bits per heavy atom. The summed E-state index contributed by atoms with van der Waals surface area (Å²) >= 11 is 0. The summed E-state index contributed by atoms with van der Waals surface area (Å²) in [5, 5.41) is 4.15. The second-order valence-electron chi connectivity index (χ2n) is 8.21. The minimum Gasteiger partial charge on any atom is -0.488 e. The fourth-order valence-corrected chi connectivity index (χ4v) is 4.13. The molecule has 0 amide bonds. The quantitative estimate of drug-likeness (QED) is 0.345. The van der Waals surface area contributed by atoms with Crippen molar-refractivity contribution in [3.63, 3.8) is 0 Å². The summed E-state index contributed by atoms with van der Waals surface area (Å²) in [6.07, 6.45) is 2.15. The number of hydrogen-bond donors (Lipinski definition) is 0. The van der Waals surface area contributed by atoms with Crippen molar-refractivity contribution in [3.8, 4) is 11.1 Å². The molecular weight excluding hydrogens is 396 g/mol. The second-order valence-corrected chi connectivity index (χ2v) is 8.21. The van der Waals surface area contributed by atoms with Crippen LogP contribution in [-0.2, 0) is 11.3 Å². The van der Waals surface area contributed by atoms with E-state index in [1.165, 1.54) is 11.1 Å². The Balaban J connectivity index is 1.38. The Morgan fingerprint density at radius 1 is 0.875 bits per heavy atom. The van der Waals surface area contributed by atoms with Gasteiger partial charge in [0.25, 0.3) is 0 Å². The average molecular weight is 423 g/mol. The molecule has 0 fully saturated rings. The van der Waals surface area contributed by atoms with Crippen LogP contribution in [0.1, 0.15) is 29.3 Å². The van der Waals surface area contributed by atoms with Gasteiger partial charge in [0, 0.05) is 11.1 Å². The Hall–Kier alpha value is -3.79. The van der Waals surface area contributed by atoms with Gasteiger partial charge >= 0.3 is 0 Å². The van der Waals surface area contributed by atoms with Gasteiger partial charge in [-0.1, -0.05) is 71.9 Å². The van der Waals surface area contributed by atoms with Gasteiger partial charge in [0.1, 0.15) is 12.4 Å². The van der Waals surface area contributed by atoms with Crippen LogP contribution in [0.25, 0.3) is 16.9 Å². The summed E-state index contributed by atoms with van der Waals surface area (Å²) in [6, 6.07) is 27.3. The van der Waals surface area contributed by atoms with Gasteiger partial charge in [-0.15, -0.1) is 0 Å². The molecule has 1 aliphatic rings. The maximum atomic E-state index is 6.32. The smallest absolute Gasteiger partial charge is 0.235 e. The predicted molar refractivity (Wildman–Crippen MR) is 129 cm³/mol. The van der Waals surface area contributed by atoms with E-state index in [1.54, 1.807) is 0 Å². The minimum atomic E-state index is 0.0754. The number of anilines is 2. The molecule has 2 heterocycles. The van der Waals surface area contributed by atoms with Gasteiger partial charge in [0.05, 0.1) is 17.4 Å². The molecule has 4 aromatic rings. The first-order valence-corrected chi connectivity index (χ1v) is 10.9. The van der Waals surface area contributed by atoms with E-state index in [2.05, 4.69) is 83.7 Å². The standard InChI is InChI=1S/C28H26N2O2/c1-19-17-27(31-18-22-13-15-24(16-14-22)23-9-5-4-6-10-23)25-11-7-8-12-26(25)30(19)28-20(2)21(3)29-32-28/h4-17,19H,18H2,1-3H3. The summed E-state index contributed by atoms with van der Waals surface area (Å²) in [4.78, 5) is 2.19. The summed E-state index contributed by atoms with van der Waals surface area (Å²) in [7, 11) is 0. The first-order valence-electron chi connectivity index (χ1n) is 10.9. The topological polar surface area (TPSA) is 38.5 Å². The fourth-order valence-electron chi connectivity index (χ4n) is 4.13. The average Bonchev–Trinajstić information content (AvgIpc) is 3.16. The molecule has 32 heavy (non-hydrogen) atoms. The van der Waals surface area contributed by atoms with Crippen LogP contribution in [0.4, 0.5) is 11.6 Å². The van der Waals surface area contributed by atoms with E-state index >= 15 is 0 Å². The van der Waals surface area contributed by atoms with Crippen LogP contribution >= 0.6 is 0 Å². The van der Waals surface area contributed by atoms with Crippen LogP contribution in [0, 0.1) is 13.8 Å². The highest BCUT2D eigenvalue weighted by Gasteiger charge is 2.29. The van der Waals surface area contributed by atoms with Crippen molar-refractivity contribution < 1.29 is 9.26 Å². The maximum absolute atomic E-state index is 6.32. The van der Waals surface area contributed by atoms with Gasteiger partial charge in [-0.2, -0.15) is 0 Å². The molecule has 4 heteroatoms. The van der Waals surface area contributed by atoms with Crippen LogP contribution in [-0.4, -0.2) is 11.2 Å².